The Kier molecular flexibility index (Phi) is 2.28. The van der Waals surface area contributed by atoms with E-state index in [2.05, 4.69) is 0 Å². The molecule has 1 saturated heterocycles. The number of hydrogen-bond acceptors (Lipinski definition) is 3. The van der Waals surface area contributed by atoms with E-state index < -0.39 is 5.97 Å². The van der Waals surface area contributed by atoms with Crippen LogP contribution in [0.5, 0.6) is 0 Å². The number of hydrogen-bond donors (Lipinski definition) is 1. The lowest BCUT2D eigenvalue weighted by atomic mass is 10.1. The molecule has 0 spiro atoms. The van der Waals surface area contributed by atoms with Crippen LogP contribution in [0.15, 0.2) is 0 Å². The maximum atomic E-state index is 9.41. The molecule has 0 aromatic carbocycles. The molecule has 0 aliphatic carbocycles. The second kappa shape index (κ2) is 2.86. The van der Waals surface area contributed by atoms with E-state index in [-0.39, 0.29) is 6.10 Å². The van der Waals surface area contributed by atoms with E-state index in [4.69, 9.17) is 9.47 Å². The smallest absolute Gasteiger partial charge is 0.280 e. The molecule has 3 nitrogen and oxygen atoms in total. The molecule has 1 N–H and O–H groups in total. The summed E-state index contributed by atoms with van der Waals surface area (Å²) in [5.41, 5.74) is 0. The minimum atomic E-state index is -1.31. The zero-order valence-corrected chi connectivity index (χ0v) is 6.46. The van der Waals surface area contributed by atoms with Crippen molar-refractivity contribution in [1.29, 1.82) is 0 Å². The average Bonchev–Trinajstić information content (AvgIpc) is 1.88. The minimum absolute atomic E-state index is 0.110. The molecule has 1 fully saturated rings. The van der Waals surface area contributed by atoms with E-state index in [1.807, 2.05) is 6.92 Å². The molecule has 0 radical (unpaired) electrons. The molecule has 0 aromatic rings. The molecule has 1 aliphatic heterocycles. The van der Waals surface area contributed by atoms with E-state index >= 15 is 0 Å². The van der Waals surface area contributed by atoms with Gasteiger partial charge < -0.3 is 14.6 Å². The molecule has 60 valence electrons. The van der Waals surface area contributed by atoms with Crippen LogP contribution in [-0.4, -0.2) is 24.3 Å². The Balaban J connectivity index is 2.45. The Morgan fingerprint density at radius 1 is 1.70 bits per heavy atom. The number of rotatable bonds is 1. The molecule has 0 bridgehead atoms. The first-order valence-corrected chi connectivity index (χ1v) is 3.61. The molecule has 2 unspecified atom stereocenters. The molecular formula is C7H14O3. The summed E-state index contributed by atoms with van der Waals surface area (Å²) in [4.78, 5) is 0. The van der Waals surface area contributed by atoms with Crippen molar-refractivity contribution >= 4 is 0 Å². The van der Waals surface area contributed by atoms with E-state index in [0.29, 0.717) is 6.42 Å². The van der Waals surface area contributed by atoms with Gasteiger partial charge in [0.15, 0.2) is 0 Å². The molecule has 0 aromatic heterocycles. The predicted octanol–water partition coefficient (Wildman–Crippen LogP) is 0.868. The first-order chi connectivity index (χ1) is 4.66. The second-order valence-corrected chi connectivity index (χ2v) is 2.74. The predicted molar refractivity (Wildman–Crippen MR) is 36.4 cm³/mol. The topological polar surface area (TPSA) is 38.7 Å². The fourth-order valence-electron chi connectivity index (χ4n) is 1.20. The highest BCUT2D eigenvalue weighted by Crippen LogP contribution is 2.26. The van der Waals surface area contributed by atoms with Crippen molar-refractivity contribution in [2.75, 3.05) is 7.11 Å². The highest BCUT2D eigenvalue weighted by Gasteiger charge is 2.33. The van der Waals surface area contributed by atoms with Crippen LogP contribution in [-0.2, 0) is 9.47 Å². The Hall–Kier alpha value is -0.120. The summed E-state index contributed by atoms with van der Waals surface area (Å²) in [6, 6.07) is 0. The van der Waals surface area contributed by atoms with Gasteiger partial charge in [0, 0.05) is 13.5 Å². The summed E-state index contributed by atoms with van der Waals surface area (Å²) in [7, 11) is 1.46. The van der Waals surface area contributed by atoms with Gasteiger partial charge in [-0.05, 0) is 19.8 Å². The standard InChI is InChI=1S/C7H14O3/c1-6-4-3-5-7(8,9-2)10-6/h6,8H,3-5H2,1-2H3. The fourth-order valence-corrected chi connectivity index (χ4v) is 1.20. The van der Waals surface area contributed by atoms with Gasteiger partial charge >= 0.3 is 0 Å². The second-order valence-electron chi connectivity index (χ2n) is 2.74. The third kappa shape index (κ3) is 1.68. The Morgan fingerprint density at radius 2 is 2.40 bits per heavy atom. The van der Waals surface area contributed by atoms with Gasteiger partial charge in [0.25, 0.3) is 5.97 Å². The van der Waals surface area contributed by atoms with Crippen LogP contribution in [0.3, 0.4) is 0 Å². The highest BCUT2D eigenvalue weighted by atomic mass is 16.8. The van der Waals surface area contributed by atoms with Crippen molar-refractivity contribution in [3.05, 3.63) is 0 Å². The van der Waals surface area contributed by atoms with Gasteiger partial charge in [-0.15, -0.1) is 0 Å². The lowest BCUT2D eigenvalue weighted by Gasteiger charge is -2.33. The normalized spacial score (nSPS) is 41.7. The van der Waals surface area contributed by atoms with Crippen molar-refractivity contribution < 1.29 is 14.6 Å². The summed E-state index contributed by atoms with van der Waals surface area (Å²) in [5, 5.41) is 9.41. The highest BCUT2D eigenvalue weighted by molar-refractivity contribution is 4.65. The van der Waals surface area contributed by atoms with Crippen LogP contribution in [0.1, 0.15) is 26.2 Å². The van der Waals surface area contributed by atoms with Crippen molar-refractivity contribution in [2.45, 2.75) is 38.3 Å². The maximum Gasteiger partial charge on any atom is 0.280 e. The van der Waals surface area contributed by atoms with E-state index in [0.717, 1.165) is 12.8 Å². The lowest BCUT2D eigenvalue weighted by Crippen LogP contribution is -2.41. The molecule has 0 amide bonds. The van der Waals surface area contributed by atoms with E-state index in [9.17, 15) is 5.11 Å². The van der Waals surface area contributed by atoms with E-state index in [1.165, 1.54) is 7.11 Å². The number of methoxy groups -OCH3 is 1. The zero-order valence-electron chi connectivity index (χ0n) is 6.46. The van der Waals surface area contributed by atoms with Crippen molar-refractivity contribution in [1.82, 2.24) is 0 Å². The van der Waals surface area contributed by atoms with Crippen molar-refractivity contribution in [3.8, 4) is 0 Å². The zero-order chi connectivity index (χ0) is 7.61. The Labute approximate surface area is 60.9 Å². The van der Waals surface area contributed by atoms with Gasteiger partial charge in [-0.3, -0.25) is 0 Å². The number of aliphatic hydroxyl groups is 1. The first-order valence-electron chi connectivity index (χ1n) is 3.61. The van der Waals surface area contributed by atoms with Crippen LogP contribution < -0.4 is 0 Å². The minimum Gasteiger partial charge on any atom is -0.343 e. The lowest BCUT2D eigenvalue weighted by molar-refractivity contribution is -0.379. The third-order valence-electron chi connectivity index (χ3n) is 1.81. The monoisotopic (exact) mass is 146 g/mol. The van der Waals surface area contributed by atoms with Gasteiger partial charge in [-0.1, -0.05) is 0 Å². The van der Waals surface area contributed by atoms with Crippen LogP contribution in [0.2, 0.25) is 0 Å². The van der Waals surface area contributed by atoms with E-state index in [1.54, 1.807) is 0 Å². The first kappa shape index (κ1) is 7.98. The molecule has 3 heteroatoms. The average molecular weight is 146 g/mol. The molecule has 10 heavy (non-hydrogen) atoms. The summed E-state index contributed by atoms with van der Waals surface area (Å²) in [6.07, 6.45) is 2.66. The Morgan fingerprint density at radius 3 is 2.80 bits per heavy atom. The fraction of sp³-hybridized carbons (Fsp3) is 1.00. The maximum absolute atomic E-state index is 9.41. The molecule has 1 rings (SSSR count). The van der Waals surface area contributed by atoms with Gasteiger partial charge in [0.2, 0.25) is 0 Å². The van der Waals surface area contributed by atoms with Gasteiger partial charge in [-0.25, -0.2) is 0 Å². The van der Waals surface area contributed by atoms with Crippen LogP contribution >= 0.6 is 0 Å². The quantitative estimate of drug-likeness (QED) is 0.558. The summed E-state index contributed by atoms with van der Waals surface area (Å²) in [6.45, 7) is 1.93. The molecule has 2 atom stereocenters. The van der Waals surface area contributed by atoms with Gasteiger partial charge in [-0.2, -0.15) is 0 Å². The van der Waals surface area contributed by atoms with Crippen LogP contribution in [0.25, 0.3) is 0 Å². The number of ether oxygens (including phenoxy) is 2. The molecular weight excluding hydrogens is 132 g/mol. The Bertz CT molecular complexity index is 115. The third-order valence-corrected chi connectivity index (χ3v) is 1.81. The largest absolute Gasteiger partial charge is 0.343 e. The summed E-state index contributed by atoms with van der Waals surface area (Å²) >= 11 is 0. The van der Waals surface area contributed by atoms with Crippen molar-refractivity contribution in [3.63, 3.8) is 0 Å². The molecule has 0 saturated carbocycles. The van der Waals surface area contributed by atoms with Crippen molar-refractivity contribution in [2.24, 2.45) is 0 Å². The van der Waals surface area contributed by atoms with Gasteiger partial charge in [0.05, 0.1) is 6.10 Å². The summed E-state index contributed by atoms with van der Waals surface area (Å²) < 4.78 is 9.94. The van der Waals surface area contributed by atoms with Crippen LogP contribution in [0, 0.1) is 0 Å². The van der Waals surface area contributed by atoms with Crippen LogP contribution in [0.4, 0.5) is 0 Å². The molecule has 1 heterocycles. The molecule has 1 aliphatic rings. The summed E-state index contributed by atoms with van der Waals surface area (Å²) in [5.74, 6) is -1.31. The van der Waals surface area contributed by atoms with Gasteiger partial charge in [0.1, 0.15) is 0 Å². The SMILES string of the molecule is COC1(O)CCCC(C)O1.